The molecular formula is C13H22N2O2. The van der Waals surface area contributed by atoms with E-state index >= 15 is 0 Å². The van der Waals surface area contributed by atoms with Crippen molar-refractivity contribution in [3.63, 3.8) is 0 Å². The second kappa shape index (κ2) is 5.94. The molecule has 0 saturated heterocycles. The van der Waals surface area contributed by atoms with Gasteiger partial charge in [-0.05, 0) is 36.7 Å². The Bertz CT molecular complexity index is 302. The number of rotatable bonds is 4. The second-order valence-electron chi connectivity index (χ2n) is 5.36. The summed E-state index contributed by atoms with van der Waals surface area (Å²) in [6, 6.07) is -0.0678. The van der Waals surface area contributed by atoms with Crippen molar-refractivity contribution in [1.82, 2.24) is 5.01 Å². The van der Waals surface area contributed by atoms with Crippen LogP contribution in [0.5, 0.6) is 0 Å². The largest absolute Gasteiger partial charge is 0.268 e. The molecule has 96 valence electrons. The third-order valence-corrected chi connectivity index (χ3v) is 3.79. The average Bonchev–Trinajstić information content (AvgIpc) is 2.29. The van der Waals surface area contributed by atoms with E-state index in [1.54, 1.807) is 0 Å². The van der Waals surface area contributed by atoms with Gasteiger partial charge in [-0.2, -0.15) is 5.01 Å². The molecule has 1 amide bonds. The minimum Gasteiger partial charge on any atom is -0.268 e. The molecule has 1 fully saturated rings. The van der Waals surface area contributed by atoms with Crippen LogP contribution in [0.4, 0.5) is 0 Å². The van der Waals surface area contributed by atoms with Gasteiger partial charge < -0.3 is 0 Å². The van der Waals surface area contributed by atoms with Crippen LogP contribution in [0.15, 0.2) is 17.9 Å². The van der Waals surface area contributed by atoms with Crippen LogP contribution in [-0.2, 0) is 4.79 Å². The average molecular weight is 238 g/mol. The van der Waals surface area contributed by atoms with E-state index in [-0.39, 0.29) is 11.9 Å². The van der Waals surface area contributed by atoms with E-state index in [2.05, 4.69) is 32.6 Å². The first-order valence-electron chi connectivity index (χ1n) is 6.30. The minimum absolute atomic E-state index is 0.0678. The first-order valence-corrected chi connectivity index (χ1v) is 6.30. The Morgan fingerprint density at radius 1 is 1.47 bits per heavy atom. The van der Waals surface area contributed by atoms with Gasteiger partial charge in [0.05, 0.1) is 11.3 Å². The molecular weight excluding hydrogens is 216 g/mol. The van der Waals surface area contributed by atoms with E-state index in [0.29, 0.717) is 17.8 Å². The number of nitroso groups, excluding NO2 is 1. The van der Waals surface area contributed by atoms with Gasteiger partial charge >= 0.3 is 0 Å². The highest BCUT2D eigenvalue weighted by molar-refractivity contribution is 5.86. The van der Waals surface area contributed by atoms with Crippen LogP contribution in [0.1, 0.15) is 40.0 Å². The lowest BCUT2D eigenvalue weighted by atomic mass is 9.73. The van der Waals surface area contributed by atoms with Gasteiger partial charge in [-0.1, -0.05) is 33.8 Å². The van der Waals surface area contributed by atoms with Crippen LogP contribution in [0.25, 0.3) is 0 Å². The van der Waals surface area contributed by atoms with Gasteiger partial charge in [-0.3, -0.25) is 4.79 Å². The van der Waals surface area contributed by atoms with Gasteiger partial charge in [0.25, 0.3) is 5.91 Å². The normalized spacial score (nSPS) is 28.8. The zero-order chi connectivity index (χ0) is 13.0. The van der Waals surface area contributed by atoms with E-state index in [0.717, 1.165) is 30.3 Å². The molecule has 3 unspecified atom stereocenters. The van der Waals surface area contributed by atoms with E-state index in [9.17, 15) is 9.70 Å². The maximum absolute atomic E-state index is 11.6. The second-order valence-corrected chi connectivity index (χ2v) is 5.36. The summed E-state index contributed by atoms with van der Waals surface area (Å²) in [6.45, 7) is 9.85. The first-order chi connectivity index (χ1) is 8.01. The van der Waals surface area contributed by atoms with Gasteiger partial charge in [-0.15, -0.1) is 4.91 Å². The molecule has 1 aliphatic rings. The van der Waals surface area contributed by atoms with Crippen LogP contribution in [-0.4, -0.2) is 17.0 Å². The molecule has 0 bridgehead atoms. The number of hydrogen-bond acceptors (Lipinski definition) is 3. The van der Waals surface area contributed by atoms with Gasteiger partial charge in [-0.25, -0.2) is 0 Å². The summed E-state index contributed by atoms with van der Waals surface area (Å²) < 4.78 is 0. The summed E-state index contributed by atoms with van der Waals surface area (Å²) >= 11 is 0. The summed E-state index contributed by atoms with van der Waals surface area (Å²) in [4.78, 5) is 22.5. The molecule has 0 aliphatic heterocycles. The molecule has 0 aromatic carbocycles. The topological polar surface area (TPSA) is 49.7 Å². The summed E-state index contributed by atoms with van der Waals surface area (Å²) in [5, 5.41) is 4.00. The van der Waals surface area contributed by atoms with E-state index in [1.807, 2.05) is 0 Å². The molecule has 1 rings (SSSR count). The Morgan fingerprint density at radius 2 is 2.12 bits per heavy atom. The SMILES string of the molecule is C=CC(=O)N(N=O)C1CC(C)CCC1C(C)C. The Morgan fingerprint density at radius 3 is 2.59 bits per heavy atom. The predicted molar refractivity (Wildman–Crippen MR) is 68.0 cm³/mol. The fourth-order valence-corrected chi connectivity index (χ4v) is 2.79. The van der Waals surface area contributed by atoms with Crippen molar-refractivity contribution in [2.45, 2.75) is 46.1 Å². The number of amides is 1. The van der Waals surface area contributed by atoms with E-state index < -0.39 is 0 Å². The van der Waals surface area contributed by atoms with Crippen LogP contribution in [0, 0.1) is 22.7 Å². The molecule has 4 nitrogen and oxygen atoms in total. The van der Waals surface area contributed by atoms with Crippen LogP contribution in [0.2, 0.25) is 0 Å². The highest BCUT2D eigenvalue weighted by Gasteiger charge is 2.37. The lowest BCUT2D eigenvalue weighted by Crippen LogP contribution is -2.45. The van der Waals surface area contributed by atoms with E-state index in [1.165, 1.54) is 0 Å². The van der Waals surface area contributed by atoms with Gasteiger partial charge in [0.15, 0.2) is 0 Å². The summed E-state index contributed by atoms with van der Waals surface area (Å²) in [7, 11) is 0. The number of carbonyl (C=O) groups excluding carboxylic acids is 1. The number of hydrogen-bond donors (Lipinski definition) is 0. The van der Waals surface area contributed by atoms with Crippen molar-refractivity contribution < 1.29 is 4.79 Å². The predicted octanol–water partition coefficient (Wildman–Crippen LogP) is 3.14. The van der Waals surface area contributed by atoms with Crippen molar-refractivity contribution in [2.75, 3.05) is 0 Å². The smallest absolute Gasteiger partial charge is 0.268 e. The molecule has 0 aromatic rings. The molecule has 0 aromatic heterocycles. The zero-order valence-corrected chi connectivity index (χ0v) is 10.9. The molecule has 3 atom stereocenters. The summed E-state index contributed by atoms with van der Waals surface area (Å²) in [5.41, 5.74) is 0. The summed E-state index contributed by atoms with van der Waals surface area (Å²) in [6.07, 6.45) is 4.24. The third-order valence-electron chi connectivity index (χ3n) is 3.79. The van der Waals surface area contributed by atoms with Gasteiger partial charge in [0, 0.05) is 0 Å². The lowest BCUT2D eigenvalue weighted by molar-refractivity contribution is -0.131. The molecule has 17 heavy (non-hydrogen) atoms. The number of carbonyl (C=O) groups is 1. The Kier molecular flexibility index (Phi) is 4.85. The molecule has 0 spiro atoms. The van der Waals surface area contributed by atoms with Crippen molar-refractivity contribution in [2.24, 2.45) is 23.0 Å². The monoisotopic (exact) mass is 238 g/mol. The van der Waals surface area contributed by atoms with Crippen LogP contribution < -0.4 is 0 Å². The molecule has 4 heteroatoms. The molecule has 1 saturated carbocycles. The highest BCUT2D eigenvalue weighted by Crippen LogP contribution is 2.36. The third kappa shape index (κ3) is 3.14. The van der Waals surface area contributed by atoms with Crippen LogP contribution >= 0.6 is 0 Å². The van der Waals surface area contributed by atoms with Crippen molar-refractivity contribution in [3.05, 3.63) is 17.6 Å². The van der Waals surface area contributed by atoms with Crippen molar-refractivity contribution in [3.8, 4) is 0 Å². The Labute approximate surface area is 103 Å². The van der Waals surface area contributed by atoms with Gasteiger partial charge in [0.2, 0.25) is 0 Å². The zero-order valence-electron chi connectivity index (χ0n) is 10.9. The molecule has 0 heterocycles. The summed E-state index contributed by atoms with van der Waals surface area (Å²) in [5.74, 6) is 0.962. The first kappa shape index (κ1) is 13.9. The molecule has 1 aliphatic carbocycles. The van der Waals surface area contributed by atoms with E-state index in [4.69, 9.17) is 0 Å². The lowest BCUT2D eigenvalue weighted by Gasteiger charge is -2.39. The fourth-order valence-electron chi connectivity index (χ4n) is 2.79. The standard InChI is InChI=1S/C13H22N2O2/c1-5-13(16)15(14-17)12-8-10(4)6-7-11(12)9(2)3/h5,9-12H,1,6-8H2,2-4H3. The van der Waals surface area contributed by atoms with Crippen molar-refractivity contribution >= 4 is 5.91 Å². The maximum Gasteiger partial charge on any atom is 0.268 e. The van der Waals surface area contributed by atoms with Crippen molar-refractivity contribution in [1.29, 1.82) is 0 Å². The van der Waals surface area contributed by atoms with Crippen LogP contribution in [0.3, 0.4) is 0 Å². The number of nitrogens with zero attached hydrogens (tertiary/aromatic N) is 2. The maximum atomic E-state index is 11.6. The Balaban J connectivity index is 2.90. The minimum atomic E-state index is -0.384. The molecule has 0 N–H and O–H groups in total. The Hall–Kier alpha value is -1.19. The van der Waals surface area contributed by atoms with Gasteiger partial charge in [0.1, 0.15) is 0 Å². The quantitative estimate of drug-likeness (QED) is 0.429. The fraction of sp³-hybridized carbons (Fsp3) is 0.769. The highest BCUT2D eigenvalue weighted by atomic mass is 16.3. The molecule has 0 radical (unpaired) electrons.